The number of benzene rings is 1. The summed E-state index contributed by atoms with van der Waals surface area (Å²) in [6, 6.07) is 4.20. The molecule has 7 heteroatoms. The van der Waals surface area contributed by atoms with Gasteiger partial charge in [-0.25, -0.2) is 9.18 Å². The molecule has 0 atom stereocenters. The first-order valence-corrected chi connectivity index (χ1v) is 5.50. The van der Waals surface area contributed by atoms with Crippen molar-refractivity contribution in [2.45, 2.75) is 0 Å². The molecule has 6 nitrogen and oxygen atoms in total. The van der Waals surface area contributed by atoms with Crippen LogP contribution in [0.2, 0.25) is 0 Å². The van der Waals surface area contributed by atoms with Gasteiger partial charge < -0.3 is 14.5 Å². The fourth-order valence-electron chi connectivity index (χ4n) is 2.00. The number of rotatable bonds is 1. The fraction of sp³-hybridized carbons (Fsp3) is 0. The second-order valence-corrected chi connectivity index (χ2v) is 4.13. The molecular formula is C13H6FNO5. The van der Waals surface area contributed by atoms with Crippen molar-refractivity contribution in [3.8, 4) is 0 Å². The number of nitrogens with one attached hydrogen (secondary N) is 1. The summed E-state index contributed by atoms with van der Waals surface area (Å²) >= 11 is 0. The molecule has 0 spiro atoms. The van der Waals surface area contributed by atoms with Crippen LogP contribution in [0, 0.1) is 5.82 Å². The molecule has 2 heterocycles. The van der Waals surface area contributed by atoms with Crippen molar-refractivity contribution >= 4 is 27.8 Å². The largest absolute Gasteiger partial charge is 0.475 e. The Labute approximate surface area is 109 Å². The van der Waals surface area contributed by atoms with Gasteiger partial charge in [-0.15, -0.1) is 0 Å². The van der Waals surface area contributed by atoms with Crippen LogP contribution in [0.25, 0.3) is 21.9 Å². The minimum absolute atomic E-state index is 0.125. The predicted molar refractivity (Wildman–Crippen MR) is 67.5 cm³/mol. The Morgan fingerprint density at radius 3 is 2.70 bits per heavy atom. The van der Waals surface area contributed by atoms with Gasteiger partial charge in [-0.05, 0) is 18.2 Å². The number of carboxylic acids is 1. The lowest BCUT2D eigenvalue weighted by molar-refractivity contribution is 0.0663. The van der Waals surface area contributed by atoms with Gasteiger partial charge in [0.1, 0.15) is 11.2 Å². The molecule has 2 aromatic heterocycles. The first-order chi connectivity index (χ1) is 9.47. The zero-order valence-electron chi connectivity index (χ0n) is 9.77. The minimum Gasteiger partial charge on any atom is -0.475 e. The van der Waals surface area contributed by atoms with Crippen LogP contribution in [0.4, 0.5) is 4.39 Å². The number of carbonyl (C=O) groups is 1. The third kappa shape index (κ3) is 1.68. The van der Waals surface area contributed by atoms with Gasteiger partial charge in [-0.3, -0.25) is 9.59 Å². The molecule has 0 amide bonds. The zero-order valence-corrected chi connectivity index (χ0v) is 9.77. The van der Waals surface area contributed by atoms with Crippen LogP contribution in [0.3, 0.4) is 0 Å². The number of pyridine rings is 1. The van der Waals surface area contributed by atoms with E-state index in [9.17, 15) is 18.8 Å². The van der Waals surface area contributed by atoms with E-state index in [0.29, 0.717) is 6.07 Å². The maximum atomic E-state index is 13.3. The second kappa shape index (κ2) is 4.02. The Kier molecular flexibility index (Phi) is 2.43. The maximum Gasteiger partial charge on any atom is 0.371 e. The molecule has 2 N–H and O–H groups in total. The number of aromatic nitrogens is 1. The average Bonchev–Trinajstić information content (AvgIpc) is 2.39. The van der Waals surface area contributed by atoms with E-state index in [2.05, 4.69) is 4.98 Å². The Morgan fingerprint density at radius 2 is 2.00 bits per heavy atom. The van der Waals surface area contributed by atoms with Gasteiger partial charge in [0.25, 0.3) is 5.56 Å². The van der Waals surface area contributed by atoms with Crippen LogP contribution in [0.5, 0.6) is 0 Å². The molecule has 0 fully saturated rings. The number of fused-ring (bicyclic) bond motifs is 3. The summed E-state index contributed by atoms with van der Waals surface area (Å²) in [5.74, 6) is -2.67. The molecule has 3 rings (SSSR count). The molecule has 0 aliphatic heterocycles. The first kappa shape index (κ1) is 12.1. The van der Waals surface area contributed by atoms with Gasteiger partial charge in [0.2, 0.25) is 5.76 Å². The predicted octanol–water partition coefficient (Wildman–Crippen LogP) is 1.47. The Balaban J connectivity index is 2.65. The van der Waals surface area contributed by atoms with Crippen LogP contribution < -0.4 is 11.0 Å². The highest BCUT2D eigenvalue weighted by atomic mass is 19.1. The molecule has 100 valence electrons. The van der Waals surface area contributed by atoms with Crippen molar-refractivity contribution in [2.75, 3.05) is 0 Å². The highest BCUT2D eigenvalue weighted by Crippen LogP contribution is 2.21. The van der Waals surface area contributed by atoms with Crippen molar-refractivity contribution in [1.82, 2.24) is 4.98 Å². The van der Waals surface area contributed by atoms with E-state index < -0.39 is 28.5 Å². The monoisotopic (exact) mass is 275 g/mol. The average molecular weight is 275 g/mol. The van der Waals surface area contributed by atoms with Crippen molar-refractivity contribution in [1.29, 1.82) is 0 Å². The Morgan fingerprint density at radius 1 is 1.25 bits per heavy atom. The molecule has 0 aliphatic rings. The van der Waals surface area contributed by atoms with E-state index in [-0.39, 0.29) is 21.9 Å². The molecule has 0 saturated heterocycles. The highest BCUT2D eigenvalue weighted by Gasteiger charge is 2.16. The highest BCUT2D eigenvalue weighted by molar-refractivity contribution is 6.02. The molecule has 0 aliphatic carbocycles. The number of aromatic carboxylic acids is 1. The summed E-state index contributed by atoms with van der Waals surface area (Å²) in [5, 5.41) is 8.66. The fourth-order valence-corrected chi connectivity index (χ4v) is 2.00. The zero-order chi connectivity index (χ0) is 14.4. The number of hydrogen-bond acceptors (Lipinski definition) is 4. The third-order valence-corrected chi connectivity index (χ3v) is 2.86. The van der Waals surface area contributed by atoms with Crippen LogP contribution in [0.15, 0.2) is 38.3 Å². The van der Waals surface area contributed by atoms with Gasteiger partial charge >= 0.3 is 5.97 Å². The van der Waals surface area contributed by atoms with Gasteiger partial charge in [0.15, 0.2) is 11.0 Å². The lowest BCUT2D eigenvalue weighted by Gasteiger charge is -2.03. The van der Waals surface area contributed by atoms with Gasteiger partial charge in [-0.1, -0.05) is 0 Å². The number of halogens is 1. The quantitative estimate of drug-likeness (QED) is 0.655. The van der Waals surface area contributed by atoms with Gasteiger partial charge in [-0.2, -0.15) is 0 Å². The summed E-state index contributed by atoms with van der Waals surface area (Å²) in [6.45, 7) is 0. The van der Waals surface area contributed by atoms with E-state index in [0.717, 1.165) is 12.1 Å². The van der Waals surface area contributed by atoms with Crippen molar-refractivity contribution < 1.29 is 18.7 Å². The maximum absolute atomic E-state index is 13.3. The van der Waals surface area contributed by atoms with E-state index in [1.165, 1.54) is 6.07 Å². The second-order valence-electron chi connectivity index (χ2n) is 4.13. The summed E-state index contributed by atoms with van der Waals surface area (Å²) in [6.07, 6.45) is 0. The lowest BCUT2D eigenvalue weighted by Crippen LogP contribution is -2.17. The van der Waals surface area contributed by atoms with Crippen molar-refractivity contribution in [3.63, 3.8) is 0 Å². The van der Waals surface area contributed by atoms with Crippen LogP contribution in [-0.2, 0) is 0 Å². The number of H-pyrrole nitrogens is 1. The van der Waals surface area contributed by atoms with Crippen LogP contribution in [0.1, 0.15) is 10.6 Å². The molecule has 0 radical (unpaired) electrons. The molecule has 3 aromatic rings. The summed E-state index contributed by atoms with van der Waals surface area (Å²) < 4.78 is 18.4. The van der Waals surface area contributed by atoms with E-state index in [4.69, 9.17) is 9.52 Å². The van der Waals surface area contributed by atoms with Gasteiger partial charge in [0, 0.05) is 11.5 Å². The normalized spacial score (nSPS) is 11.1. The number of hydrogen-bond donors (Lipinski definition) is 2. The number of aromatic amines is 1. The summed E-state index contributed by atoms with van der Waals surface area (Å²) in [7, 11) is 0. The van der Waals surface area contributed by atoms with Crippen molar-refractivity contribution in [2.24, 2.45) is 0 Å². The first-order valence-electron chi connectivity index (χ1n) is 5.50. The van der Waals surface area contributed by atoms with Crippen LogP contribution in [-0.4, -0.2) is 16.1 Å². The summed E-state index contributed by atoms with van der Waals surface area (Å²) in [5.41, 5.74) is -1.51. The molecule has 1 aromatic carbocycles. The number of carboxylic acid groups (broad SMARTS) is 1. The SMILES string of the molecule is O=C(O)c1cc(=O)c2c(=O)[nH]c3ccc(F)cc3c2o1. The topological polar surface area (TPSA) is 100 Å². The van der Waals surface area contributed by atoms with Crippen molar-refractivity contribution in [3.05, 3.63) is 56.4 Å². The molecular weight excluding hydrogens is 269 g/mol. The third-order valence-electron chi connectivity index (χ3n) is 2.86. The smallest absolute Gasteiger partial charge is 0.371 e. The minimum atomic E-state index is -1.45. The van der Waals surface area contributed by atoms with Gasteiger partial charge in [0.05, 0.1) is 5.52 Å². The lowest BCUT2D eigenvalue weighted by atomic mass is 10.1. The molecule has 0 bridgehead atoms. The van der Waals surface area contributed by atoms with E-state index in [1.807, 2.05) is 0 Å². The molecule has 0 unspecified atom stereocenters. The molecule has 0 saturated carbocycles. The van der Waals surface area contributed by atoms with E-state index >= 15 is 0 Å². The summed E-state index contributed by atoms with van der Waals surface area (Å²) in [4.78, 5) is 37.0. The Bertz CT molecular complexity index is 986. The Hall–Kier alpha value is -2.96. The molecule has 20 heavy (non-hydrogen) atoms. The standard InChI is InChI=1S/C13H6FNO5/c14-5-1-2-7-6(3-5)11-10(12(17)15-7)8(16)4-9(20-11)13(18)19/h1-4H,(H,15,17)(H,18,19). The van der Waals surface area contributed by atoms with E-state index in [1.54, 1.807) is 0 Å². The van der Waals surface area contributed by atoms with Crippen LogP contribution >= 0.6 is 0 Å².